The minimum atomic E-state index is -2.76. The highest BCUT2D eigenvalue weighted by Gasteiger charge is 2.14. The number of nitrogen functional groups attached to an aromatic ring is 1. The maximum absolute atomic E-state index is 12.3. The van der Waals surface area contributed by atoms with Gasteiger partial charge in [0.1, 0.15) is 11.4 Å². The number of hydrogen-bond donors (Lipinski definition) is 2. The third-order valence-electron chi connectivity index (χ3n) is 1.52. The number of rotatable bonds is 2. The standard InChI is InChI=1S/C7H7BrF2N2O/c8-2-3-1-4(13)5(11)6(12-3)7(9)10/h1,7H,2,11H2,(H,12,13). The van der Waals surface area contributed by atoms with Gasteiger partial charge >= 0.3 is 0 Å². The fraction of sp³-hybridized carbons (Fsp3) is 0.286. The molecule has 0 bridgehead atoms. The number of H-pyrrole nitrogens is 1. The number of halogens is 3. The number of nitrogens with two attached hydrogens (primary N) is 1. The van der Waals surface area contributed by atoms with Gasteiger partial charge in [-0.2, -0.15) is 0 Å². The molecule has 0 aliphatic heterocycles. The van der Waals surface area contributed by atoms with Crippen molar-refractivity contribution in [1.29, 1.82) is 0 Å². The summed E-state index contributed by atoms with van der Waals surface area (Å²) in [4.78, 5) is 13.4. The molecule has 0 saturated carbocycles. The van der Waals surface area contributed by atoms with E-state index < -0.39 is 23.2 Å². The van der Waals surface area contributed by atoms with Gasteiger partial charge in [-0.3, -0.25) is 4.79 Å². The number of anilines is 1. The Morgan fingerprint density at radius 2 is 2.23 bits per heavy atom. The van der Waals surface area contributed by atoms with Gasteiger partial charge in [0.2, 0.25) is 5.43 Å². The van der Waals surface area contributed by atoms with E-state index in [1.807, 2.05) is 0 Å². The van der Waals surface area contributed by atoms with E-state index in [4.69, 9.17) is 5.73 Å². The lowest BCUT2D eigenvalue weighted by molar-refractivity contribution is 0.146. The zero-order valence-corrected chi connectivity index (χ0v) is 8.07. The highest BCUT2D eigenvalue weighted by Crippen LogP contribution is 2.20. The summed E-state index contributed by atoms with van der Waals surface area (Å²) in [6.07, 6.45) is -2.76. The largest absolute Gasteiger partial charge is 0.394 e. The van der Waals surface area contributed by atoms with Gasteiger partial charge in [0.05, 0.1) is 0 Å². The number of nitrogens with one attached hydrogen (secondary N) is 1. The van der Waals surface area contributed by atoms with Crippen molar-refractivity contribution >= 4 is 21.6 Å². The molecule has 0 spiro atoms. The molecular formula is C7H7BrF2N2O. The highest BCUT2D eigenvalue weighted by molar-refractivity contribution is 9.08. The summed E-state index contributed by atoms with van der Waals surface area (Å²) in [5.41, 5.74) is 4.04. The summed E-state index contributed by atoms with van der Waals surface area (Å²) >= 11 is 3.04. The molecule has 1 rings (SSSR count). The predicted molar refractivity (Wildman–Crippen MR) is 49.1 cm³/mol. The molecule has 0 amide bonds. The molecule has 3 nitrogen and oxygen atoms in total. The second-order valence-electron chi connectivity index (χ2n) is 2.42. The molecule has 0 aliphatic rings. The van der Waals surface area contributed by atoms with E-state index in [1.165, 1.54) is 6.07 Å². The van der Waals surface area contributed by atoms with E-state index >= 15 is 0 Å². The van der Waals surface area contributed by atoms with Crippen LogP contribution >= 0.6 is 15.9 Å². The van der Waals surface area contributed by atoms with Crippen LogP contribution in [0.4, 0.5) is 14.5 Å². The lowest BCUT2D eigenvalue weighted by atomic mass is 10.2. The van der Waals surface area contributed by atoms with Gasteiger partial charge in [0.25, 0.3) is 6.43 Å². The van der Waals surface area contributed by atoms with Crippen molar-refractivity contribution in [2.75, 3.05) is 5.73 Å². The van der Waals surface area contributed by atoms with E-state index in [0.717, 1.165) is 0 Å². The fourth-order valence-corrected chi connectivity index (χ4v) is 1.19. The molecule has 13 heavy (non-hydrogen) atoms. The summed E-state index contributed by atoms with van der Waals surface area (Å²) in [6.45, 7) is 0. The van der Waals surface area contributed by atoms with Crippen LogP contribution in [0.3, 0.4) is 0 Å². The van der Waals surface area contributed by atoms with Crippen molar-refractivity contribution in [3.63, 3.8) is 0 Å². The molecular weight excluding hydrogens is 246 g/mol. The zero-order valence-electron chi connectivity index (χ0n) is 6.48. The monoisotopic (exact) mass is 252 g/mol. The quantitative estimate of drug-likeness (QED) is 0.789. The third-order valence-corrected chi connectivity index (χ3v) is 2.12. The summed E-state index contributed by atoms with van der Waals surface area (Å²) in [6, 6.07) is 1.19. The van der Waals surface area contributed by atoms with E-state index in [-0.39, 0.29) is 0 Å². The second kappa shape index (κ2) is 3.87. The summed E-state index contributed by atoms with van der Waals surface area (Å²) in [5, 5.41) is 0.308. The third kappa shape index (κ3) is 2.06. The van der Waals surface area contributed by atoms with Crippen LogP contribution in [0.5, 0.6) is 0 Å². The minimum Gasteiger partial charge on any atom is -0.394 e. The van der Waals surface area contributed by atoms with E-state index in [0.29, 0.717) is 11.0 Å². The molecule has 0 aliphatic carbocycles. The molecule has 1 aromatic rings. The van der Waals surface area contributed by atoms with Crippen molar-refractivity contribution < 1.29 is 8.78 Å². The van der Waals surface area contributed by atoms with Crippen molar-refractivity contribution in [3.05, 3.63) is 27.7 Å². The van der Waals surface area contributed by atoms with Crippen LogP contribution in [-0.4, -0.2) is 4.98 Å². The van der Waals surface area contributed by atoms with Crippen LogP contribution in [0.1, 0.15) is 17.8 Å². The highest BCUT2D eigenvalue weighted by atomic mass is 79.9. The van der Waals surface area contributed by atoms with Crippen molar-refractivity contribution in [1.82, 2.24) is 4.98 Å². The second-order valence-corrected chi connectivity index (χ2v) is 2.98. The molecule has 6 heteroatoms. The van der Waals surface area contributed by atoms with Crippen LogP contribution in [0.25, 0.3) is 0 Å². The van der Waals surface area contributed by atoms with Gasteiger partial charge in [-0.25, -0.2) is 8.78 Å². The number of pyridine rings is 1. The Labute approximate surface area is 81.1 Å². The Morgan fingerprint density at radius 3 is 2.69 bits per heavy atom. The molecule has 0 aromatic carbocycles. The van der Waals surface area contributed by atoms with Crippen LogP contribution in [0, 0.1) is 0 Å². The normalized spacial score (nSPS) is 10.8. The molecule has 72 valence electrons. The van der Waals surface area contributed by atoms with Crippen LogP contribution in [0.2, 0.25) is 0 Å². The molecule has 1 heterocycles. The topological polar surface area (TPSA) is 58.9 Å². The Balaban J connectivity index is 3.33. The van der Waals surface area contributed by atoms with E-state index in [9.17, 15) is 13.6 Å². The van der Waals surface area contributed by atoms with Gasteiger partial charge in [0.15, 0.2) is 0 Å². The molecule has 0 fully saturated rings. The van der Waals surface area contributed by atoms with Gasteiger partial charge in [-0.1, -0.05) is 15.9 Å². The summed E-state index contributed by atoms with van der Waals surface area (Å²) in [5.74, 6) is 0. The Kier molecular flexibility index (Phi) is 3.02. The van der Waals surface area contributed by atoms with Gasteiger partial charge < -0.3 is 10.7 Å². The van der Waals surface area contributed by atoms with Gasteiger partial charge in [0, 0.05) is 17.1 Å². The molecule has 0 saturated heterocycles. The molecule has 0 atom stereocenters. The Bertz CT molecular complexity index is 364. The predicted octanol–water partition coefficient (Wildman–Crippen LogP) is 1.79. The minimum absolute atomic E-state index is 0.308. The van der Waals surface area contributed by atoms with Gasteiger partial charge in [-0.15, -0.1) is 0 Å². The molecule has 1 aromatic heterocycles. The maximum atomic E-state index is 12.3. The zero-order chi connectivity index (χ0) is 10.0. The number of hydrogen-bond acceptors (Lipinski definition) is 2. The smallest absolute Gasteiger partial charge is 0.280 e. The van der Waals surface area contributed by atoms with Crippen LogP contribution < -0.4 is 11.2 Å². The van der Waals surface area contributed by atoms with Crippen LogP contribution in [0.15, 0.2) is 10.9 Å². The van der Waals surface area contributed by atoms with Crippen molar-refractivity contribution in [2.24, 2.45) is 0 Å². The Morgan fingerprint density at radius 1 is 1.62 bits per heavy atom. The average Bonchev–Trinajstić information content (AvgIpc) is 2.09. The summed E-state index contributed by atoms with van der Waals surface area (Å²) < 4.78 is 24.5. The number of aromatic nitrogens is 1. The van der Waals surface area contributed by atoms with E-state index in [1.54, 1.807) is 0 Å². The first-order valence-corrected chi connectivity index (χ1v) is 4.54. The lowest BCUT2D eigenvalue weighted by Crippen LogP contribution is -2.14. The maximum Gasteiger partial charge on any atom is 0.280 e. The SMILES string of the molecule is Nc1c(C(F)F)[nH]c(CBr)cc1=O. The first kappa shape index (κ1) is 10.2. The van der Waals surface area contributed by atoms with Crippen molar-refractivity contribution in [3.8, 4) is 0 Å². The first-order chi connectivity index (χ1) is 6.06. The number of aromatic amines is 1. The Hall–Kier alpha value is -0.910. The van der Waals surface area contributed by atoms with E-state index in [2.05, 4.69) is 20.9 Å². The molecule has 0 unspecified atom stereocenters. The lowest BCUT2D eigenvalue weighted by Gasteiger charge is -2.05. The summed E-state index contributed by atoms with van der Waals surface area (Å²) in [7, 11) is 0. The fourth-order valence-electron chi connectivity index (χ4n) is 0.889. The van der Waals surface area contributed by atoms with Gasteiger partial charge in [-0.05, 0) is 0 Å². The average molecular weight is 253 g/mol. The van der Waals surface area contributed by atoms with Crippen LogP contribution in [-0.2, 0) is 5.33 Å². The van der Waals surface area contributed by atoms with Crippen molar-refractivity contribution in [2.45, 2.75) is 11.8 Å². The molecule has 0 radical (unpaired) electrons. The number of alkyl halides is 3. The molecule has 3 N–H and O–H groups in total. The first-order valence-electron chi connectivity index (χ1n) is 3.42.